The lowest BCUT2D eigenvalue weighted by Crippen LogP contribution is -2.24. The van der Waals surface area contributed by atoms with Gasteiger partial charge in [0.05, 0.1) is 6.61 Å². The summed E-state index contributed by atoms with van der Waals surface area (Å²) in [7, 11) is 0. The van der Waals surface area contributed by atoms with Crippen LogP contribution in [0.3, 0.4) is 0 Å². The van der Waals surface area contributed by atoms with Gasteiger partial charge in [-0.1, -0.05) is 19.1 Å². The molecule has 3 rings (SSSR count). The molecule has 1 aromatic rings. The lowest BCUT2D eigenvalue weighted by Gasteiger charge is -2.18. The fourth-order valence-corrected chi connectivity index (χ4v) is 3.03. The third-order valence-electron chi connectivity index (χ3n) is 3.93. The Hall–Kier alpha value is -1.02. The van der Waals surface area contributed by atoms with Crippen LogP contribution in [-0.4, -0.2) is 19.2 Å². The Balaban J connectivity index is 1.89. The lowest BCUT2D eigenvalue weighted by atomic mass is 9.89. The van der Waals surface area contributed by atoms with Crippen molar-refractivity contribution in [2.75, 3.05) is 13.2 Å². The molecule has 1 saturated heterocycles. The third-order valence-corrected chi connectivity index (χ3v) is 3.93. The second-order valence-electron chi connectivity index (χ2n) is 4.83. The van der Waals surface area contributed by atoms with Crippen molar-refractivity contribution >= 4 is 0 Å². The maximum absolute atomic E-state index is 5.55. The number of fused-ring (bicyclic) bond motifs is 1. The zero-order valence-corrected chi connectivity index (χ0v) is 9.83. The first-order chi connectivity index (χ1) is 7.88. The Bertz CT molecular complexity index is 388. The highest BCUT2D eigenvalue weighted by atomic mass is 16.5. The highest BCUT2D eigenvalue weighted by Crippen LogP contribution is 2.34. The van der Waals surface area contributed by atoms with Gasteiger partial charge in [-0.15, -0.1) is 0 Å². The van der Waals surface area contributed by atoms with Crippen LogP contribution in [-0.2, 0) is 6.42 Å². The quantitative estimate of drug-likeness (QED) is 0.821. The highest BCUT2D eigenvalue weighted by Gasteiger charge is 2.27. The van der Waals surface area contributed by atoms with Gasteiger partial charge in [0, 0.05) is 18.4 Å². The highest BCUT2D eigenvalue weighted by molar-refractivity contribution is 5.41. The Morgan fingerprint density at radius 2 is 2.38 bits per heavy atom. The van der Waals surface area contributed by atoms with Crippen molar-refractivity contribution in [1.29, 1.82) is 0 Å². The van der Waals surface area contributed by atoms with E-state index in [4.69, 9.17) is 4.74 Å². The van der Waals surface area contributed by atoms with Gasteiger partial charge in [0.15, 0.2) is 0 Å². The van der Waals surface area contributed by atoms with Gasteiger partial charge in [-0.3, -0.25) is 0 Å². The predicted octanol–water partition coefficient (Wildman–Crippen LogP) is 2.48. The second kappa shape index (κ2) is 4.10. The van der Waals surface area contributed by atoms with E-state index in [-0.39, 0.29) is 0 Å². The first kappa shape index (κ1) is 10.2. The van der Waals surface area contributed by atoms with Crippen LogP contribution in [0.2, 0.25) is 0 Å². The minimum Gasteiger partial charge on any atom is -0.493 e. The average molecular weight is 217 g/mol. The summed E-state index contributed by atoms with van der Waals surface area (Å²) in [4.78, 5) is 0. The van der Waals surface area contributed by atoms with E-state index < -0.39 is 0 Å². The number of nitrogens with one attached hydrogen (secondary N) is 1. The molecule has 0 aliphatic carbocycles. The first-order valence-electron chi connectivity index (χ1n) is 6.37. The van der Waals surface area contributed by atoms with E-state index in [1.807, 2.05) is 0 Å². The van der Waals surface area contributed by atoms with E-state index >= 15 is 0 Å². The molecule has 0 aromatic heterocycles. The minimum absolute atomic E-state index is 0.667. The van der Waals surface area contributed by atoms with Gasteiger partial charge >= 0.3 is 0 Å². The van der Waals surface area contributed by atoms with Crippen LogP contribution in [0.25, 0.3) is 0 Å². The van der Waals surface area contributed by atoms with E-state index in [0.717, 1.165) is 25.3 Å². The fourth-order valence-electron chi connectivity index (χ4n) is 3.03. The topological polar surface area (TPSA) is 21.3 Å². The number of rotatable bonds is 2. The SMILES string of the molecule is CCC1NCCC1c1ccc2c(c1)CCO2. The molecule has 2 heteroatoms. The lowest BCUT2D eigenvalue weighted by molar-refractivity contribution is 0.356. The zero-order chi connectivity index (χ0) is 11.0. The molecule has 1 aromatic carbocycles. The van der Waals surface area contributed by atoms with E-state index in [1.165, 1.54) is 24.0 Å². The normalized spacial score (nSPS) is 27.8. The van der Waals surface area contributed by atoms with Gasteiger partial charge in [0.2, 0.25) is 0 Å². The van der Waals surface area contributed by atoms with Crippen LogP contribution in [0, 0.1) is 0 Å². The largest absolute Gasteiger partial charge is 0.493 e. The molecule has 0 amide bonds. The summed E-state index contributed by atoms with van der Waals surface area (Å²) in [6, 6.07) is 7.44. The summed E-state index contributed by atoms with van der Waals surface area (Å²) in [5.74, 6) is 1.80. The second-order valence-corrected chi connectivity index (χ2v) is 4.83. The molecule has 16 heavy (non-hydrogen) atoms. The van der Waals surface area contributed by atoms with Crippen molar-refractivity contribution in [3.05, 3.63) is 29.3 Å². The molecule has 2 heterocycles. The number of hydrogen-bond donors (Lipinski definition) is 1. The third kappa shape index (κ3) is 1.61. The van der Waals surface area contributed by atoms with Crippen molar-refractivity contribution in [2.45, 2.75) is 38.1 Å². The summed E-state index contributed by atoms with van der Waals surface area (Å²) in [6.45, 7) is 4.29. The molecule has 2 nitrogen and oxygen atoms in total. The van der Waals surface area contributed by atoms with Crippen LogP contribution < -0.4 is 10.1 Å². The number of benzene rings is 1. The standard InChI is InChI=1S/C14H19NO/c1-2-13-12(5-7-15-13)10-3-4-14-11(9-10)6-8-16-14/h3-4,9,12-13,15H,2,5-8H2,1H3. The van der Waals surface area contributed by atoms with Crippen LogP contribution in [0.4, 0.5) is 0 Å². The summed E-state index contributed by atoms with van der Waals surface area (Å²) < 4.78 is 5.55. The predicted molar refractivity (Wildman–Crippen MR) is 65.1 cm³/mol. The molecular weight excluding hydrogens is 198 g/mol. The molecule has 0 radical (unpaired) electrons. The van der Waals surface area contributed by atoms with Crippen molar-refractivity contribution < 1.29 is 4.74 Å². The molecule has 2 atom stereocenters. The van der Waals surface area contributed by atoms with E-state index in [1.54, 1.807) is 0 Å². The molecule has 86 valence electrons. The Morgan fingerprint density at radius 3 is 3.25 bits per heavy atom. The maximum atomic E-state index is 5.55. The van der Waals surface area contributed by atoms with Gasteiger partial charge in [-0.05, 0) is 36.6 Å². The Labute approximate surface area is 97.0 Å². The van der Waals surface area contributed by atoms with Gasteiger partial charge in [0.1, 0.15) is 5.75 Å². The molecule has 0 bridgehead atoms. The Kier molecular flexibility index (Phi) is 2.60. The first-order valence-corrected chi connectivity index (χ1v) is 6.37. The summed E-state index contributed by atoms with van der Waals surface area (Å²) in [5, 5.41) is 3.59. The van der Waals surface area contributed by atoms with E-state index in [2.05, 4.69) is 30.4 Å². The van der Waals surface area contributed by atoms with Crippen molar-refractivity contribution in [1.82, 2.24) is 5.32 Å². The van der Waals surface area contributed by atoms with Gasteiger partial charge < -0.3 is 10.1 Å². The van der Waals surface area contributed by atoms with Crippen molar-refractivity contribution in [3.8, 4) is 5.75 Å². The molecule has 2 aliphatic rings. The number of ether oxygens (including phenoxy) is 1. The zero-order valence-electron chi connectivity index (χ0n) is 9.83. The van der Waals surface area contributed by atoms with Crippen LogP contribution in [0.5, 0.6) is 5.75 Å². The van der Waals surface area contributed by atoms with Crippen molar-refractivity contribution in [3.63, 3.8) is 0 Å². The molecule has 2 unspecified atom stereocenters. The van der Waals surface area contributed by atoms with Gasteiger partial charge in [-0.25, -0.2) is 0 Å². The van der Waals surface area contributed by atoms with E-state index in [0.29, 0.717) is 12.0 Å². The summed E-state index contributed by atoms with van der Waals surface area (Å²) in [5.41, 5.74) is 2.90. The average Bonchev–Trinajstić information content (AvgIpc) is 2.96. The smallest absolute Gasteiger partial charge is 0.122 e. The molecule has 0 spiro atoms. The van der Waals surface area contributed by atoms with Crippen LogP contribution in [0.15, 0.2) is 18.2 Å². The summed E-state index contributed by atoms with van der Waals surface area (Å²) in [6.07, 6.45) is 3.58. The maximum Gasteiger partial charge on any atom is 0.122 e. The summed E-state index contributed by atoms with van der Waals surface area (Å²) >= 11 is 0. The van der Waals surface area contributed by atoms with Crippen LogP contribution >= 0.6 is 0 Å². The van der Waals surface area contributed by atoms with E-state index in [9.17, 15) is 0 Å². The fraction of sp³-hybridized carbons (Fsp3) is 0.571. The molecule has 1 N–H and O–H groups in total. The van der Waals surface area contributed by atoms with Gasteiger partial charge in [0.25, 0.3) is 0 Å². The molecular formula is C14H19NO. The molecule has 0 saturated carbocycles. The molecule has 1 fully saturated rings. The monoisotopic (exact) mass is 217 g/mol. The van der Waals surface area contributed by atoms with Gasteiger partial charge in [-0.2, -0.15) is 0 Å². The number of hydrogen-bond acceptors (Lipinski definition) is 2. The molecule has 2 aliphatic heterocycles. The van der Waals surface area contributed by atoms with Crippen molar-refractivity contribution in [2.24, 2.45) is 0 Å². The van der Waals surface area contributed by atoms with Crippen LogP contribution in [0.1, 0.15) is 36.8 Å². The minimum atomic E-state index is 0.667. The Morgan fingerprint density at radius 1 is 1.44 bits per heavy atom.